The molecule has 3 heteroatoms. The first-order chi connectivity index (χ1) is 16.8. The summed E-state index contributed by atoms with van der Waals surface area (Å²) in [6, 6.07) is 41.7. The summed E-state index contributed by atoms with van der Waals surface area (Å²) in [5.74, 6) is 0. The number of aromatic nitrogens is 2. The van der Waals surface area contributed by atoms with Crippen molar-refractivity contribution in [2.75, 3.05) is 0 Å². The molecule has 0 aliphatic heterocycles. The third-order valence-corrected chi connectivity index (χ3v) is 7.44. The quantitative estimate of drug-likeness (QED) is 0.214. The van der Waals surface area contributed by atoms with Crippen LogP contribution in [-0.4, -0.2) is 9.13 Å². The number of fused-ring (bicyclic) bond motifs is 6. The summed E-state index contributed by atoms with van der Waals surface area (Å²) in [7, 11) is 0. The molecule has 0 saturated heterocycles. The van der Waals surface area contributed by atoms with Crippen molar-refractivity contribution < 1.29 is 0 Å². The highest BCUT2D eigenvalue weighted by atomic mass is 79.9. The predicted octanol–water partition coefficient (Wildman–Crippen LogP) is 8.78. The summed E-state index contributed by atoms with van der Waals surface area (Å²) < 4.78 is 4.79. The second-order valence-electron chi connectivity index (χ2n) is 8.73. The molecule has 0 aliphatic carbocycles. The number of benzene rings is 5. The average Bonchev–Trinajstić information content (AvgIpc) is 3.42. The minimum absolute atomic E-state index is 0.794. The minimum atomic E-state index is 0.794. The molecule has 7 aromatic rings. The monoisotopic (exact) mass is 500 g/mol. The molecule has 2 heterocycles. The molecule has 2 nitrogen and oxygen atoms in total. The van der Waals surface area contributed by atoms with E-state index in [4.69, 9.17) is 0 Å². The van der Waals surface area contributed by atoms with Gasteiger partial charge in [-0.3, -0.25) is 0 Å². The molecule has 0 aliphatic rings. The third kappa shape index (κ3) is 2.80. The standard InChI is InChI=1S/C31H21BrN2/c32-20-21-17-22(33-28-13-5-1-9-24(28)25-10-2-6-14-29(25)33)19-23(18-21)34-30-15-7-3-11-26(30)27-12-4-8-16-31(27)34/h1-19H,20H2. The van der Waals surface area contributed by atoms with E-state index in [0.717, 1.165) is 5.33 Å². The van der Waals surface area contributed by atoms with E-state index in [1.807, 2.05) is 0 Å². The van der Waals surface area contributed by atoms with Gasteiger partial charge in [0.15, 0.2) is 0 Å². The van der Waals surface area contributed by atoms with Gasteiger partial charge in [0.25, 0.3) is 0 Å². The average molecular weight is 501 g/mol. The van der Waals surface area contributed by atoms with Gasteiger partial charge in [-0.05, 0) is 48.0 Å². The van der Waals surface area contributed by atoms with Gasteiger partial charge in [-0.2, -0.15) is 0 Å². The number of alkyl halides is 1. The smallest absolute Gasteiger partial charge is 0.0541 e. The molecule has 0 radical (unpaired) electrons. The van der Waals surface area contributed by atoms with Crippen LogP contribution >= 0.6 is 15.9 Å². The summed E-state index contributed by atoms with van der Waals surface area (Å²) in [5.41, 5.74) is 8.49. The fourth-order valence-corrected chi connectivity index (χ4v) is 5.72. The molecule has 5 aromatic carbocycles. The van der Waals surface area contributed by atoms with Crippen LogP contribution in [0.4, 0.5) is 0 Å². The zero-order valence-corrected chi connectivity index (χ0v) is 20.0. The van der Waals surface area contributed by atoms with Gasteiger partial charge in [-0.1, -0.05) is 88.7 Å². The Morgan fingerprint density at radius 3 is 1.09 bits per heavy atom. The number of hydrogen-bond acceptors (Lipinski definition) is 0. The van der Waals surface area contributed by atoms with Crippen molar-refractivity contribution in [3.63, 3.8) is 0 Å². The molecule has 7 rings (SSSR count). The maximum absolute atomic E-state index is 3.73. The van der Waals surface area contributed by atoms with Crippen LogP contribution in [0.15, 0.2) is 115 Å². The fourth-order valence-electron chi connectivity index (χ4n) is 5.39. The maximum Gasteiger partial charge on any atom is 0.0541 e. The van der Waals surface area contributed by atoms with E-state index in [9.17, 15) is 0 Å². The molecule has 34 heavy (non-hydrogen) atoms. The van der Waals surface area contributed by atoms with Crippen molar-refractivity contribution in [1.82, 2.24) is 9.13 Å². The van der Waals surface area contributed by atoms with Crippen molar-refractivity contribution in [2.45, 2.75) is 5.33 Å². The number of rotatable bonds is 3. The summed E-state index contributed by atoms with van der Waals surface area (Å²) in [4.78, 5) is 0. The van der Waals surface area contributed by atoms with Gasteiger partial charge < -0.3 is 9.13 Å². The van der Waals surface area contributed by atoms with Crippen molar-refractivity contribution in [2.24, 2.45) is 0 Å². The summed E-state index contributed by atoms with van der Waals surface area (Å²) in [5, 5.41) is 5.91. The van der Waals surface area contributed by atoms with Crippen LogP contribution in [0.2, 0.25) is 0 Å². The molecule has 0 N–H and O–H groups in total. The highest BCUT2D eigenvalue weighted by Gasteiger charge is 2.16. The Kier molecular flexibility index (Phi) is 4.39. The lowest BCUT2D eigenvalue weighted by atomic mass is 10.1. The molecule has 0 unspecified atom stereocenters. The first-order valence-corrected chi connectivity index (χ1v) is 12.6. The molecule has 2 aromatic heterocycles. The normalized spacial score (nSPS) is 11.8. The van der Waals surface area contributed by atoms with E-state index in [1.165, 1.54) is 60.5 Å². The Morgan fingerprint density at radius 1 is 0.441 bits per heavy atom. The highest BCUT2D eigenvalue weighted by Crippen LogP contribution is 2.36. The Bertz CT molecular complexity index is 1620. The van der Waals surface area contributed by atoms with Gasteiger partial charge in [0.1, 0.15) is 0 Å². The minimum Gasteiger partial charge on any atom is -0.309 e. The SMILES string of the molecule is BrCc1cc(-n2c3ccccc3c3ccccc32)cc(-n2c3ccccc3c3ccccc32)c1. The lowest BCUT2D eigenvalue weighted by Gasteiger charge is -2.15. The molecule has 0 amide bonds. The van der Waals surface area contributed by atoms with Crippen LogP contribution in [0.5, 0.6) is 0 Å². The van der Waals surface area contributed by atoms with Crippen molar-refractivity contribution in [1.29, 1.82) is 0 Å². The third-order valence-electron chi connectivity index (χ3n) is 6.79. The Balaban J connectivity index is 1.59. The van der Waals surface area contributed by atoms with E-state index in [2.05, 4.69) is 140 Å². The summed E-state index contributed by atoms with van der Waals surface area (Å²) >= 11 is 3.73. The van der Waals surface area contributed by atoms with Gasteiger partial charge >= 0.3 is 0 Å². The van der Waals surface area contributed by atoms with E-state index < -0.39 is 0 Å². The molecule has 0 atom stereocenters. The highest BCUT2D eigenvalue weighted by molar-refractivity contribution is 9.08. The predicted molar refractivity (Wildman–Crippen MR) is 148 cm³/mol. The first-order valence-electron chi connectivity index (χ1n) is 11.5. The number of hydrogen-bond donors (Lipinski definition) is 0. The van der Waals surface area contributed by atoms with E-state index >= 15 is 0 Å². The van der Waals surface area contributed by atoms with E-state index in [1.54, 1.807) is 0 Å². The molecular weight excluding hydrogens is 480 g/mol. The second-order valence-corrected chi connectivity index (χ2v) is 9.29. The first kappa shape index (κ1) is 19.6. The Hall–Kier alpha value is -3.82. The van der Waals surface area contributed by atoms with Crippen LogP contribution < -0.4 is 0 Å². The largest absolute Gasteiger partial charge is 0.309 e. The number of para-hydroxylation sites is 4. The lowest BCUT2D eigenvalue weighted by molar-refractivity contribution is 1.12. The van der Waals surface area contributed by atoms with Crippen molar-refractivity contribution in [3.8, 4) is 11.4 Å². The molecule has 0 fully saturated rings. The van der Waals surface area contributed by atoms with Crippen LogP contribution in [0.25, 0.3) is 55.0 Å². The molecule has 0 bridgehead atoms. The fraction of sp³-hybridized carbons (Fsp3) is 0.0323. The van der Waals surface area contributed by atoms with Gasteiger partial charge in [0.05, 0.1) is 22.1 Å². The van der Waals surface area contributed by atoms with Crippen molar-refractivity contribution >= 4 is 59.5 Å². The Labute approximate surface area is 205 Å². The van der Waals surface area contributed by atoms with Crippen LogP contribution in [-0.2, 0) is 5.33 Å². The molecule has 162 valence electrons. The number of halogens is 1. The molecule has 0 saturated carbocycles. The summed E-state index contributed by atoms with van der Waals surface area (Å²) in [6.45, 7) is 0. The lowest BCUT2D eigenvalue weighted by Crippen LogP contribution is -2.00. The molecular formula is C31H21BrN2. The Morgan fingerprint density at radius 2 is 0.765 bits per heavy atom. The van der Waals surface area contributed by atoms with Crippen LogP contribution in [0, 0.1) is 0 Å². The van der Waals surface area contributed by atoms with Gasteiger partial charge in [-0.15, -0.1) is 0 Å². The zero-order valence-electron chi connectivity index (χ0n) is 18.4. The second kappa shape index (κ2) is 7.61. The van der Waals surface area contributed by atoms with E-state index in [-0.39, 0.29) is 0 Å². The molecule has 0 spiro atoms. The zero-order chi connectivity index (χ0) is 22.6. The maximum atomic E-state index is 3.73. The van der Waals surface area contributed by atoms with Gasteiger partial charge in [0, 0.05) is 38.2 Å². The van der Waals surface area contributed by atoms with Crippen LogP contribution in [0.3, 0.4) is 0 Å². The topological polar surface area (TPSA) is 9.86 Å². The van der Waals surface area contributed by atoms with Crippen molar-refractivity contribution in [3.05, 3.63) is 121 Å². The number of nitrogens with zero attached hydrogens (tertiary/aromatic N) is 2. The van der Waals surface area contributed by atoms with Crippen LogP contribution in [0.1, 0.15) is 5.56 Å². The van der Waals surface area contributed by atoms with Gasteiger partial charge in [-0.25, -0.2) is 0 Å². The van der Waals surface area contributed by atoms with E-state index in [0.29, 0.717) is 0 Å². The van der Waals surface area contributed by atoms with Gasteiger partial charge in [0.2, 0.25) is 0 Å². The summed E-state index contributed by atoms with van der Waals surface area (Å²) in [6.07, 6.45) is 0.